The van der Waals surface area contributed by atoms with Gasteiger partial charge in [0.1, 0.15) is 6.10 Å². The van der Waals surface area contributed by atoms with Gasteiger partial charge >= 0.3 is 5.97 Å². The monoisotopic (exact) mass is 373 g/mol. The average Bonchev–Trinajstić information content (AvgIpc) is 3.18. The van der Waals surface area contributed by atoms with Gasteiger partial charge in [0.25, 0.3) is 0 Å². The summed E-state index contributed by atoms with van der Waals surface area (Å²) in [6, 6.07) is 13.8. The summed E-state index contributed by atoms with van der Waals surface area (Å²) >= 11 is 0. The lowest BCUT2D eigenvalue weighted by molar-refractivity contribution is 0.0337. The smallest absolute Gasteiger partial charge is 0.338 e. The normalized spacial score (nSPS) is 16.4. The first-order valence-electron chi connectivity index (χ1n) is 8.76. The largest absolute Gasteiger partial charge is 0.454 e. The maximum atomic E-state index is 12.7. The third kappa shape index (κ3) is 3.97. The fourth-order valence-electron chi connectivity index (χ4n) is 3.00. The maximum absolute atomic E-state index is 12.7. The molecule has 138 valence electrons. The number of aryl methyl sites for hydroxylation is 1. The molecule has 0 spiro atoms. The van der Waals surface area contributed by atoms with Crippen LogP contribution in [0.2, 0.25) is 0 Å². The number of carbonyl (C=O) groups excluding carboxylic acids is 1. The Labute approximate surface area is 154 Å². The fourth-order valence-corrected chi connectivity index (χ4v) is 4.56. The van der Waals surface area contributed by atoms with E-state index in [0.717, 1.165) is 24.0 Å². The van der Waals surface area contributed by atoms with Crippen molar-refractivity contribution in [2.45, 2.75) is 37.7 Å². The summed E-state index contributed by atoms with van der Waals surface area (Å²) in [5, 5.41) is 0. The quantitative estimate of drug-likeness (QED) is 0.750. The van der Waals surface area contributed by atoms with Crippen molar-refractivity contribution >= 4 is 16.0 Å². The molecule has 26 heavy (non-hydrogen) atoms. The third-order valence-corrected chi connectivity index (χ3v) is 6.50. The van der Waals surface area contributed by atoms with Crippen molar-refractivity contribution in [1.29, 1.82) is 0 Å². The zero-order valence-electron chi connectivity index (χ0n) is 15.0. The van der Waals surface area contributed by atoms with Crippen LogP contribution < -0.4 is 0 Å². The minimum atomic E-state index is -3.55. The molecule has 2 aromatic rings. The van der Waals surface area contributed by atoms with E-state index in [1.165, 1.54) is 16.4 Å². The molecule has 1 heterocycles. The Hall–Kier alpha value is -2.18. The number of carbonyl (C=O) groups is 1. The van der Waals surface area contributed by atoms with E-state index in [-0.39, 0.29) is 10.5 Å². The van der Waals surface area contributed by atoms with E-state index < -0.39 is 22.1 Å². The molecule has 0 aliphatic carbocycles. The first-order valence-corrected chi connectivity index (χ1v) is 10.2. The Kier molecular flexibility index (Phi) is 5.44. The molecule has 1 saturated heterocycles. The number of benzene rings is 2. The predicted molar refractivity (Wildman–Crippen MR) is 99.4 cm³/mol. The Morgan fingerprint density at radius 3 is 2.38 bits per heavy atom. The maximum Gasteiger partial charge on any atom is 0.338 e. The summed E-state index contributed by atoms with van der Waals surface area (Å²) in [4.78, 5) is 12.6. The van der Waals surface area contributed by atoms with Gasteiger partial charge in [-0.1, -0.05) is 35.9 Å². The second kappa shape index (κ2) is 7.60. The van der Waals surface area contributed by atoms with Crippen molar-refractivity contribution in [3.05, 3.63) is 65.2 Å². The number of nitrogens with zero attached hydrogens (tertiary/aromatic N) is 1. The first kappa shape index (κ1) is 18.6. The zero-order valence-corrected chi connectivity index (χ0v) is 15.8. The van der Waals surface area contributed by atoms with Gasteiger partial charge in [0.15, 0.2) is 0 Å². The highest BCUT2D eigenvalue weighted by Gasteiger charge is 2.28. The zero-order chi connectivity index (χ0) is 18.7. The molecule has 1 atom stereocenters. The van der Waals surface area contributed by atoms with Gasteiger partial charge in [-0.25, -0.2) is 13.2 Å². The molecule has 0 saturated carbocycles. The lowest BCUT2D eigenvalue weighted by Crippen LogP contribution is -2.28. The molecule has 0 unspecified atom stereocenters. The van der Waals surface area contributed by atoms with Crippen LogP contribution in [0.3, 0.4) is 0 Å². The highest BCUT2D eigenvalue weighted by atomic mass is 32.2. The van der Waals surface area contributed by atoms with Crippen LogP contribution in [-0.2, 0) is 14.8 Å². The van der Waals surface area contributed by atoms with Gasteiger partial charge in [-0.2, -0.15) is 4.31 Å². The van der Waals surface area contributed by atoms with Gasteiger partial charge in [-0.15, -0.1) is 0 Å². The molecule has 0 amide bonds. The molecule has 1 aliphatic heterocycles. The van der Waals surface area contributed by atoms with E-state index in [0.29, 0.717) is 13.1 Å². The molecular formula is C20H23NO4S. The minimum Gasteiger partial charge on any atom is -0.454 e. The van der Waals surface area contributed by atoms with E-state index >= 15 is 0 Å². The SMILES string of the molecule is Cc1ccc([C@H](C)OC(=O)c2cccc(S(=O)(=O)N3CCCC3)c2)cc1. The van der Waals surface area contributed by atoms with Crippen molar-refractivity contribution in [2.24, 2.45) is 0 Å². The Bertz CT molecular complexity index is 884. The van der Waals surface area contributed by atoms with Crippen LogP contribution in [0.4, 0.5) is 0 Å². The van der Waals surface area contributed by atoms with Crippen molar-refractivity contribution in [2.75, 3.05) is 13.1 Å². The summed E-state index contributed by atoms with van der Waals surface area (Å²) < 4.78 is 32.3. The number of hydrogen-bond donors (Lipinski definition) is 0. The van der Waals surface area contributed by atoms with E-state index in [4.69, 9.17) is 4.74 Å². The average molecular weight is 373 g/mol. The van der Waals surface area contributed by atoms with Crippen LogP contribution in [0.1, 0.15) is 47.4 Å². The number of rotatable bonds is 5. The van der Waals surface area contributed by atoms with Crippen LogP contribution in [0.15, 0.2) is 53.4 Å². The molecule has 0 aromatic heterocycles. The van der Waals surface area contributed by atoms with Crippen LogP contribution in [-0.4, -0.2) is 31.8 Å². The van der Waals surface area contributed by atoms with Gasteiger partial charge in [0.05, 0.1) is 10.5 Å². The number of hydrogen-bond acceptors (Lipinski definition) is 4. The number of ether oxygens (including phenoxy) is 1. The molecule has 6 heteroatoms. The Morgan fingerprint density at radius 1 is 1.08 bits per heavy atom. The lowest BCUT2D eigenvalue weighted by Gasteiger charge is -2.17. The number of esters is 1. The lowest BCUT2D eigenvalue weighted by atomic mass is 10.1. The standard InChI is InChI=1S/C20H23NO4S/c1-15-8-10-17(11-9-15)16(2)25-20(22)18-6-5-7-19(14-18)26(23,24)21-12-3-4-13-21/h5-11,14,16H,3-4,12-13H2,1-2H3/t16-/m0/s1. The molecule has 5 nitrogen and oxygen atoms in total. The minimum absolute atomic E-state index is 0.136. The van der Waals surface area contributed by atoms with Crippen molar-refractivity contribution in [1.82, 2.24) is 4.31 Å². The van der Waals surface area contributed by atoms with Crippen LogP contribution >= 0.6 is 0 Å². The van der Waals surface area contributed by atoms with Gasteiger partial charge in [-0.05, 0) is 50.5 Å². The van der Waals surface area contributed by atoms with Crippen LogP contribution in [0, 0.1) is 6.92 Å². The van der Waals surface area contributed by atoms with Gasteiger partial charge in [0, 0.05) is 13.1 Å². The third-order valence-electron chi connectivity index (χ3n) is 4.60. The van der Waals surface area contributed by atoms with Gasteiger partial charge in [-0.3, -0.25) is 0 Å². The van der Waals surface area contributed by atoms with E-state index in [1.54, 1.807) is 19.1 Å². The molecular weight excluding hydrogens is 350 g/mol. The van der Waals surface area contributed by atoms with Crippen molar-refractivity contribution < 1.29 is 17.9 Å². The Balaban J connectivity index is 1.77. The van der Waals surface area contributed by atoms with E-state index in [1.807, 2.05) is 31.2 Å². The first-order chi connectivity index (χ1) is 12.4. The second-order valence-corrected chi connectivity index (χ2v) is 8.54. The van der Waals surface area contributed by atoms with E-state index in [9.17, 15) is 13.2 Å². The summed E-state index contributed by atoms with van der Waals surface area (Å²) in [6.45, 7) is 4.85. The van der Waals surface area contributed by atoms with Gasteiger partial charge < -0.3 is 4.74 Å². The molecule has 0 bridgehead atoms. The van der Waals surface area contributed by atoms with Crippen LogP contribution in [0.5, 0.6) is 0 Å². The fraction of sp³-hybridized carbons (Fsp3) is 0.350. The predicted octanol–water partition coefficient (Wildman–Crippen LogP) is 3.70. The van der Waals surface area contributed by atoms with Crippen molar-refractivity contribution in [3.8, 4) is 0 Å². The highest BCUT2D eigenvalue weighted by Crippen LogP contribution is 2.23. The molecule has 3 rings (SSSR count). The summed E-state index contributed by atoms with van der Waals surface area (Å²) in [5.74, 6) is -0.531. The molecule has 0 N–H and O–H groups in total. The van der Waals surface area contributed by atoms with Crippen LogP contribution in [0.25, 0.3) is 0 Å². The highest BCUT2D eigenvalue weighted by molar-refractivity contribution is 7.89. The van der Waals surface area contributed by atoms with E-state index in [2.05, 4.69) is 0 Å². The molecule has 0 radical (unpaired) electrons. The molecule has 1 fully saturated rings. The van der Waals surface area contributed by atoms with Crippen molar-refractivity contribution in [3.63, 3.8) is 0 Å². The summed E-state index contributed by atoms with van der Waals surface area (Å²) in [7, 11) is -3.55. The topological polar surface area (TPSA) is 63.7 Å². The molecule has 2 aromatic carbocycles. The van der Waals surface area contributed by atoms with Gasteiger partial charge in [0.2, 0.25) is 10.0 Å². The number of sulfonamides is 1. The molecule has 1 aliphatic rings. The Morgan fingerprint density at radius 2 is 1.73 bits per heavy atom. The summed E-state index contributed by atoms with van der Waals surface area (Å²) in [6.07, 6.45) is 1.33. The summed E-state index contributed by atoms with van der Waals surface area (Å²) in [5.41, 5.74) is 2.26. The second-order valence-electron chi connectivity index (χ2n) is 6.60.